The molecule has 4 unspecified atom stereocenters. The topological polar surface area (TPSA) is 0 Å². The van der Waals surface area contributed by atoms with Gasteiger partial charge in [-0.05, 0) is 55.3 Å². The van der Waals surface area contributed by atoms with Crippen molar-refractivity contribution in [3.8, 4) is 0 Å². The summed E-state index contributed by atoms with van der Waals surface area (Å²) in [4.78, 5) is 0. The molecule has 4 atom stereocenters. The summed E-state index contributed by atoms with van der Waals surface area (Å²) in [5, 5.41) is 6.23. The van der Waals surface area contributed by atoms with Crippen molar-refractivity contribution in [2.75, 3.05) is 0 Å². The molecule has 2 bridgehead atoms. The van der Waals surface area contributed by atoms with Gasteiger partial charge in [-0.3, -0.25) is 0 Å². The van der Waals surface area contributed by atoms with Gasteiger partial charge in [-0.15, -0.1) is 0 Å². The number of hydrogen-bond acceptors (Lipinski definition) is 0. The van der Waals surface area contributed by atoms with E-state index < -0.39 is 15.8 Å². The van der Waals surface area contributed by atoms with E-state index in [0.29, 0.717) is 17.5 Å². The molecule has 0 heterocycles. The van der Waals surface area contributed by atoms with Crippen molar-refractivity contribution < 1.29 is 0 Å². The molecular formula is C32H30P2. The fraction of sp³-hybridized carbons (Fsp3) is 0.188. The van der Waals surface area contributed by atoms with Crippen LogP contribution in [0, 0.1) is 11.8 Å². The van der Waals surface area contributed by atoms with E-state index in [1.807, 2.05) is 0 Å². The molecular weight excluding hydrogens is 446 g/mol. The van der Waals surface area contributed by atoms with Gasteiger partial charge in [-0.25, -0.2) is 0 Å². The van der Waals surface area contributed by atoms with Crippen molar-refractivity contribution in [2.45, 2.75) is 24.2 Å². The molecule has 0 radical (unpaired) electrons. The lowest BCUT2D eigenvalue weighted by molar-refractivity contribution is 0.548. The van der Waals surface area contributed by atoms with Crippen molar-refractivity contribution >= 4 is 37.1 Å². The Morgan fingerprint density at radius 1 is 0.559 bits per heavy atom. The van der Waals surface area contributed by atoms with Crippen LogP contribution in [0.25, 0.3) is 0 Å². The number of allylic oxidation sites excluding steroid dienone is 2. The average Bonchev–Trinajstić information content (AvgIpc) is 3.49. The molecule has 0 aliphatic heterocycles. The maximum absolute atomic E-state index is 2.64. The minimum Gasteiger partial charge on any atom is -0.0844 e. The summed E-state index contributed by atoms with van der Waals surface area (Å²) in [5.41, 5.74) is 0.605. The van der Waals surface area contributed by atoms with Crippen LogP contribution in [0.5, 0.6) is 0 Å². The van der Waals surface area contributed by atoms with E-state index in [0.717, 1.165) is 0 Å². The molecule has 1 fully saturated rings. The number of hydrogen-bond donors (Lipinski definition) is 0. The molecule has 0 amide bonds. The summed E-state index contributed by atoms with van der Waals surface area (Å²) in [6.07, 6.45) is 6.41. The summed E-state index contributed by atoms with van der Waals surface area (Å²) >= 11 is 0. The molecule has 0 aromatic heterocycles. The predicted molar refractivity (Wildman–Crippen MR) is 151 cm³/mol. The Hall–Kier alpha value is -2.52. The number of rotatable bonds is 6. The SMILES string of the molecule is CC1(P(c2ccccc2)c2ccccc2)C2C=CC(C2)C1P(c1ccccc1)c1ccccc1. The molecule has 6 rings (SSSR count). The summed E-state index contributed by atoms with van der Waals surface area (Å²) in [6, 6.07) is 45.5. The molecule has 0 N–H and O–H groups in total. The quantitative estimate of drug-likeness (QED) is 0.218. The van der Waals surface area contributed by atoms with Crippen LogP contribution >= 0.6 is 15.8 Å². The zero-order chi connectivity index (χ0) is 23.0. The van der Waals surface area contributed by atoms with E-state index in [9.17, 15) is 0 Å². The Labute approximate surface area is 206 Å². The van der Waals surface area contributed by atoms with Crippen molar-refractivity contribution in [1.29, 1.82) is 0 Å². The Kier molecular flexibility index (Phi) is 5.99. The minimum absolute atomic E-state index is 0.189. The van der Waals surface area contributed by atoms with Crippen LogP contribution in [0.15, 0.2) is 133 Å². The van der Waals surface area contributed by atoms with E-state index in [4.69, 9.17) is 0 Å². The zero-order valence-electron chi connectivity index (χ0n) is 19.5. The summed E-state index contributed by atoms with van der Waals surface area (Å²) < 4.78 is 0. The van der Waals surface area contributed by atoms with Gasteiger partial charge in [0.15, 0.2) is 0 Å². The van der Waals surface area contributed by atoms with Gasteiger partial charge in [0.05, 0.1) is 0 Å². The molecule has 2 aliphatic carbocycles. The molecule has 168 valence electrons. The van der Waals surface area contributed by atoms with Crippen LogP contribution in [0.2, 0.25) is 0 Å². The van der Waals surface area contributed by atoms with Crippen LogP contribution in [0.3, 0.4) is 0 Å². The second kappa shape index (κ2) is 9.26. The largest absolute Gasteiger partial charge is 0.0844 e. The van der Waals surface area contributed by atoms with Gasteiger partial charge in [-0.2, -0.15) is 0 Å². The van der Waals surface area contributed by atoms with E-state index in [2.05, 4.69) is 140 Å². The molecule has 0 nitrogen and oxygen atoms in total. The first-order valence-corrected chi connectivity index (χ1v) is 15.0. The molecule has 1 saturated carbocycles. The predicted octanol–water partition coefficient (Wildman–Crippen LogP) is 6.59. The van der Waals surface area contributed by atoms with Gasteiger partial charge in [0.2, 0.25) is 0 Å². The first kappa shape index (κ1) is 22.0. The lowest BCUT2D eigenvalue weighted by atomic mass is 9.94. The van der Waals surface area contributed by atoms with Gasteiger partial charge in [0.1, 0.15) is 0 Å². The van der Waals surface area contributed by atoms with Gasteiger partial charge in [-0.1, -0.05) is 140 Å². The van der Waals surface area contributed by atoms with Gasteiger partial charge in [0.25, 0.3) is 0 Å². The Bertz CT molecular complexity index is 1170. The van der Waals surface area contributed by atoms with Gasteiger partial charge < -0.3 is 0 Å². The molecule has 0 spiro atoms. The highest BCUT2D eigenvalue weighted by Crippen LogP contribution is 2.70. The monoisotopic (exact) mass is 476 g/mol. The highest BCUT2D eigenvalue weighted by molar-refractivity contribution is 7.78. The standard InChI is InChI=1S/C32H30P2/c1-32(34(29-18-10-4-11-19-29)30-20-12-5-13-21-30)26-23-22-25(24-26)31(32)33(27-14-6-2-7-15-27)28-16-8-3-9-17-28/h2-23,25-26,31H,24H2,1H3. The second-order valence-corrected chi connectivity index (χ2v) is 14.6. The van der Waals surface area contributed by atoms with E-state index >= 15 is 0 Å². The maximum Gasteiger partial charge on any atom is 0.00993 e. The minimum atomic E-state index is -0.536. The van der Waals surface area contributed by atoms with Crippen molar-refractivity contribution in [3.05, 3.63) is 133 Å². The summed E-state index contributed by atoms with van der Waals surface area (Å²) in [7, 11) is -1.04. The third-order valence-electron chi connectivity index (χ3n) is 7.73. The third kappa shape index (κ3) is 3.69. The van der Waals surface area contributed by atoms with Crippen molar-refractivity contribution in [3.63, 3.8) is 0 Å². The average molecular weight is 477 g/mol. The highest BCUT2D eigenvalue weighted by Gasteiger charge is 2.59. The van der Waals surface area contributed by atoms with E-state index in [1.165, 1.54) is 27.6 Å². The van der Waals surface area contributed by atoms with Gasteiger partial charge >= 0.3 is 0 Å². The van der Waals surface area contributed by atoms with E-state index in [-0.39, 0.29) is 5.16 Å². The lowest BCUT2D eigenvalue weighted by Crippen LogP contribution is -2.47. The second-order valence-electron chi connectivity index (χ2n) is 9.61. The number of fused-ring (bicyclic) bond motifs is 2. The molecule has 4 aromatic carbocycles. The first-order chi connectivity index (χ1) is 16.8. The third-order valence-corrected chi connectivity index (χ3v) is 14.3. The lowest BCUT2D eigenvalue weighted by Gasteiger charge is -2.49. The summed E-state index contributed by atoms with van der Waals surface area (Å²) in [6.45, 7) is 2.64. The molecule has 4 aromatic rings. The molecule has 2 aliphatic rings. The van der Waals surface area contributed by atoms with E-state index in [1.54, 1.807) is 0 Å². The Balaban J connectivity index is 1.57. The van der Waals surface area contributed by atoms with Crippen molar-refractivity contribution in [1.82, 2.24) is 0 Å². The molecule has 0 saturated heterocycles. The molecule has 34 heavy (non-hydrogen) atoms. The van der Waals surface area contributed by atoms with Crippen LogP contribution in [-0.4, -0.2) is 10.8 Å². The van der Waals surface area contributed by atoms with Crippen LogP contribution < -0.4 is 21.2 Å². The highest BCUT2D eigenvalue weighted by atomic mass is 31.1. The van der Waals surface area contributed by atoms with Crippen LogP contribution in [0.1, 0.15) is 13.3 Å². The van der Waals surface area contributed by atoms with Crippen molar-refractivity contribution in [2.24, 2.45) is 11.8 Å². The van der Waals surface area contributed by atoms with Gasteiger partial charge in [0, 0.05) is 10.8 Å². The fourth-order valence-corrected chi connectivity index (χ4v) is 13.6. The Morgan fingerprint density at radius 2 is 0.971 bits per heavy atom. The number of benzene rings is 4. The summed E-state index contributed by atoms with van der Waals surface area (Å²) in [5.74, 6) is 1.25. The maximum atomic E-state index is 2.64. The zero-order valence-corrected chi connectivity index (χ0v) is 21.3. The first-order valence-electron chi connectivity index (χ1n) is 12.2. The molecule has 2 heteroatoms. The smallest absolute Gasteiger partial charge is 0.00993 e. The van der Waals surface area contributed by atoms with Crippen LogP contribution in [0.4, 0.5) is 0 Å². The van der Waals surface area contributed by atoms with Crippen LogP contribution in [-0.2, 0) is 0 Å². The Morgan fingerprint density at radius 3 is 1.41 bits per heavy atom. The fourth-order valence-electron chi connectivity index (χ4n) is 6.31. The normalized spacial score (nSPS) is 25.3.